The Morgan fingerprint density at radius 1 is 1.08 bits per heavy atom. The van der Waals surface area contributed by atoms with E-state index in [0.717, 1.165) is 41.1 Å². The number of rotatable bonds is 3. The van der Waals surface area contributed by atoms with E-state index in [4.69, 9.17) is 4.98 Å². The van der Waals surface area contributed by atoms with Gasteiger partial charge in [-0.15, -0.1) is 0 Å². The Morgan fingerprint density at radius 3 is 2.38 bits per heavy atom. The average molecular weight is 373 g/mol. The second-order valence-corrected chi connectivity index (χ2v) is 8.86. The first-order valence-corrected chi connectivity index (χ1v) is 10.2. The fraction of sp³-hybridized carbons (Fsp3) is 0.444. The minimum absolute atomic E-state index is 0.316. The van der Waals surface area contributed by atoms with E-state index >= 15 is 0 Å². The number of nitrogens with zero attached hydrogens (tertiary/aromatic N) is 5. The monoisotopic (exact) mass is 373 g/mol. The van der Waals surface area contributed by atoms with Crippen LogP contribution < -0.4 is 0 Å². The van der Waals surface area contributed by atoms with E-state index in [-0.39, 0.29) is 0 Å². The molecule has 138 valence electrons. The molecule has 1 aromatic carbocycles. The summed E-state index contributed by atoms with van der Waals surface area (Å²) in [5.41, 5.74) is 4.53. The van der Waals surface area contributed by atoms with Gasteiger partial charge in [0, 0.05) is 32.9 Å². The van der Waals surface area contributed by atoms with E-state index in [2.05, 4.69) is 5.10 Å². The van der Waals surface area contributed by atoms with Crippen LogP contribution in [0.15, 0.2) is 23.1 Å². The lowest BCUT2D eigenvalue weighted by atomic mass is 10.2. The number of imidazole rings is 1. The molecule has 0 radical (unpaired) electrons. The van der Waals surface area contributed by atoms with Gasteiger partial charge in [-0.2, -0.15) is 9.40 Å². The summed E-state index contributed by atoms with van der Waals surface area (Å²) in [5.74, 6) is 0.804. The van der Waals surface area contributed by atoms with Crippen molar-refractivity contribution in [2.75, 3.05) is 13.1 Å². The summed E-state index contributed by atoms with van der Waals surface area (Å²) >= 11 is 0. The molecule has 1 fully saturated rings. The van der Waals surface area contributed by atoms with Crippen LogP contribution in [0.4, 0.5) is 0 Å². The van der Waals surface area contributed by atoms with Gasteiger partial charge in [0.15, 0.2) is 0 Å². The van der Waals surface area contributed by atoms with Crippen molar-refractivity contribution in [2.45, 2.75) is 31.6 Å². The summed E-state index contributed by atoms with van der Waals surface area (Å²) in [6.07, 6.45) is 1.85. The largest absolute Gasteiger partial charge is 0.327 e. The van der Waals surface area contributed by atoms with E-state index in [1.54, 1.807) is 16.4 Å². The van der Waals surface area contributed by atoms with Crippen molar-refractivity contribution in [3.63, 3.8) is 0 Å². The maximum absolute atomic E-state index is 12.8. The lowest BCUT2D eigenvalue weighted by molar-refractivity contribution is 0.477. The number of benzene rings is 1. The molecule has 0 bridgehead atoms. The minimum Gasteiger partial charge on any atom is -0.327 e. The lowest BCUT2D eigenvalue weighted by Gasteiger charge is -2.15. The zero-order valence-electron chi connectivity index (χ0n) is 15.5. The van der Waals surface area contributed by atoms with Gasteiger partial charge in [0.05, 0.1) is 27.2 Å². The SMILES string of the molecule is Cc1nn(C)c(C)c1-c1nc2cc(S(=O)(=O)N3CCCC3)ccc2n1C. The second-order valence-electron chi connectivity index (χ2n) is 6.93. The second kappa shape index (κ2) is 5.92. The molecule has 3 heterocycles. The number of hydrogen-bond acceptors (Lipinski definition) is 4. The number of sulfonamides is 1. The fourth-order valence-corrected chi connectivity index (χ4v) is 5.28. The van der Waals surface area contributed by atoms with Gasteiger partial charge in [-0.1, -0.05) is 0 Å². The van der Waals surface area contributed by atoms with E-state index < -0.39 is 10.0 Å². The zero-order chi connectivity index (χ0) is 18.6. The molecular formula is C18H23N5O2S. The summed E-state index contributed by atoms with van der Waals surface area (Å²) < 4.78 is 31.1. The van der Waals surface area contributed by atoms with Crippen LogP contribution in [0.2, 0.25) is 0 Å². The lowest BCUT2D eigenvalue weighted by Crippen LogP contribution is -2.27. The van der Waals surface area contributed by atoms with Gasteiger partial charge >= 0.3 is 0 Å². The van der Waals surface area contributed by atoms with Crippen molar-refractivity contribution in [3.8, 4) is 11.4 Å². The third-order valence-corrected chi connectivity index (χ3v) is 7.18. The molecule has 1 saturated heterocycles. The van der Waals surface area contributed by atoms with Gasteiger partial charge in [0.1, 0.15) is 5.82 Å². The van der Waals surface area contributed by atoms with Crippen molar-refractivity contribution >= 4 is 21.1 Å². The maximum atomic E-state index is 12.8. The summed E-state index contributed by atoms with van der Waals surface area (Å²) in [5, 5.41) is 4.47. The first-order valence-electron chi connectivity index (χ1n) is 8.78. The first kappa shape index (κ1) is 17.2. The molecule has 0 atom stereocenters. The number of hydrogen-bond donors (Lipinski definition) is 0. The molecule has 8 heteroatoms. The van der Waals surface area contributed by atoms with Crippen molar-refractivity contribution in [1.82, 2.24) is 23.6 Å². The molecule has 3 aromatic rings. The van der Waals surface area contributed by atoms with Gasteiger partial charge in [-0.25, -0.2) is 13.4 Å². The Balaban J connectivity index is 1.86. The van der Waals surface area contributed by atoms with E-state index in [0.29, 0.717) is 23.5 Å². The van der Waals surface area contributed by atoms with Crippen molar-refractivity contribution < 1.29 is 8.42 Å². The molecule has 1 aliphatic rings. The molecule has 0 saturated carbocycles. The topological polar surface area (TPSA) is 73.0 Å². The van der Waals surface area contributed by atoms with E-state index in [9.17, 15) is 8.42 Å². The van der Waals surface area contributed by atoms with Gasteiger partial charge in [-0.3, -0.25) is 4.68 Å². The molecule has 26 heavy (non-hydrogen) atoms. The van der Waals surface area contributed by atoms with Gasteiger partial charge in [0.25, 0.3) is 0 Å². The normalized spacial score (nSPS) is 16.0. The quantitative estimate of drug-likeness (QED) is 0.707. The van der Waals surface area contributed by atoms with Crippen LogP contribution in [0.1, 0.15) is 24.2 Å². The standard InChI is InChI=1S/C18H23N5O2S/c1-12-17(13(2)22(4)20-12)18-19-15-11-14(7-8-16(15)21(18)3)26(24,25)23-9-5-6-10-23/h7-8,11H,5-6,9-10H2,1-4H3. The fourth-order valence-electron chi connectivity index (χ4n) is 3.74. The Kier molecular flexibility index (Phi) is 3.92. The Bertz CT molecular complexity index is 1100. The van der Waals surface area contributed by atoms with E-state index in [1.807, 2.05) is 43.3 Å². The molecule has 0 aliphatic carbocycles. The average Bonchev–Trinajstić information content (AvgIpc) is 3.29. The number of aromatic nitrogens is 4. The van der Waals surface area contributed by atoms with Crippen LogP contribution in [-0.2, 0) is 24.1 Å². The van der Waals surface area contributed by atoms with Crippen molar-refractivity contribution in [2.24, 2.45) is 14.1 Å². The van der Waals surface area contributed by atoms with Crippen LogP contribution in [0, 0.1) is 13.8 Å². The van der Waals surface area contributed by atoms with Gasteiger partial charge < -0.3 is 4.57 Å². The molecule has 7 nitrogen and oxygen atoms in total. The first-order chi connectivity index (χ1) is 12.3. The number of aryl methyl sites for hydroxylation is 3. The van der Waals surface area contributed by atoms with Crippen LogP contribution in [0.5, 0.6) is 0 Å². The summed E-state index contributed by atoms with van der Waals surface area (Å²) in [7, 11) is 0.419. The zero-order valence-corrected chi connectivity index (χ0v) is 16.3. The van der Waals surface area contributed by atoms with E-state index in [1.165, 1.54) is 0 Å². The van der Waals surface area contributed by atoms with Crippen LogP contribution >= 0.6 is 0 Å². The maximum Gasteiger partial charge on any atom is 0.243 e. The van der Waals surface area contributed by atoms with Crippen LogP contribution in [0.3, 0.4) is 0 Å². The summed E-state index contributed by atoms with van der Waals surface area (Å²) in [6, 6.07) is 5.22. The van der Waals surface area contributed by atoms with Crippen LogP contribution in [-0.4, -0.2) is 45.1 Å². The minimum atomic E-state index is -3.44. The van der Waals surface area contributed by atoms with Gasteiger partial charge in [0.2, 0.25) is 10.0 Å². The summed E-state index contributed by atoms with van der Waals surface area (Å²) in [6.45, 7) is 5.17. The Hall–Kier alpha value is -2.19. The third-order valence-electron chi connectivity index (χ3n) is 5.29. The highest BCUT2D eigenvalue weighted by Crippen LogP contribution is 2.30. The molecular weight excluding hydrogens is 350 g/mol. The number of fused-ring (bicyclic) bond motifs is 1. The molecule has 0 N–H and O–H groups in total. The molecule has 0 spiro atoms. The molecule has 1 aliphatic heterocycles. The molecule has 0 amide bonds. The highest BCUT2D eigenvalue weighted by Gasteiger charge is 2.28. The van der Waals surface area contributed by atoms with Crippen molar-refractivity contribution in [1.29, 1.82) is 0 Å². The van der Waals surface area contributed by atoms with Crippen molar-refractivity contribution in [3.05, 3.63) is 29.6 Å². The highest BCUT2D eigenvalue weighted by molar-refractivity contribution is 7.89. The predicted octanol–water partition coefficient (Wildman–Crippen LogP) is 2.38. The summed E-state index contributed by atoms with van der Waals surface area (Å²) in [4.78, 5) is 5.06. The molecule has 0 unspecified atom stereocenters. The Labute approximate surface area is 153 Å². The smallest absolute Gasteiger partial charge is 0.243 e. The highest BCUT2D eigenvalue weighted by atomic mass is 32.2. The third kappa shape index (κ3) is 2.47. The molecule has 4 rings (SSSR count). The van der Waals surface area contributed by atoms with Crippen LogP contribution in [0.25, 0.3) is 22.4 Å². The van der Waals surface area contributed by atoms with Gasteiger partial charge in [-0.05, 0) is 44.9 Å². The predicted molar refractivity (Wildman–Crippen MR) is 100 cm³/mol. The Morgan fingerprint density at radius 2 is 1.77 bits per heavy atom. The molecule has 2 aromatic heterocycles.